The molecule has 1 saturated heterocycles. The Morgan fingerprint density at radius 1 is 1.45 bits per heavy atom. The second-order valence-electron chi connectivity index (χ2n) is 6.03. The summed E-state index contributed by atoms with van der Waals surface area (Å²) in [4.78, 5) is 4.83. The highest BCUT2D eigenvalue weighted by Crippen LogP contribution is 2.20. The third kappa shape index (κ3) is 3.84. The fraction of sp³-hybridized carbons (Fsp3) is 0.647. The zero-order valence-corrected chi connectivity index (χ0v) is 13.4. The molecule has 0 aromatic carbocycles. The molecule has 22 heavy (non-hydrogen) atoms. The van der Waals surface area contributed by atoms with Gasteiger partial charge in [0, 0.05) is 38.4 Å². The van der Waals surface area contributed by atoms with E-state index in [2.05, 4.69) is 39.1 Å². The summed E-state index contributed by atoms with van der Waals surface area (Å²) in [6.45, 7) is 6.82. The van der Waals surface area contributed by atoms with Crippen molar-refractivity contribution in [3.63, 3.8) is 0 Å². The summed E-state index contributed by atoms with van der Waals surface area (Å²) in [7, 11) is 0. The highest BCUT2D eigenvalue weighted by Gasteiger charge is 2.27. The van der Waals surface area contributed by atoms with E-state index in [0.717, 1.165) is 38.6 Å². The van der Waals surface area contributed by atoms with E-state index in [0.29, 0.717) is 6.04 Å². The molecule has 120 valence electrons. The molecule has 1 fully saturated rings. The molecule has 1 aliphatic carbocycles. The normalized spacial score (nSPS) is 26.0. The summed E-state index contributed by atoms with van der Waals surface area (Å²) in [5.41, 5.74) is 0. The summed E-state index contributed by atoms with van der Waals surface area (Å²) in [5.74, 6) is 0.934. The van der Waals surface area contributed by atoms with Gasteiger partial charge in [0.25, 0.3) is 0 Å². The molecule has 0 radical (unpaired) electrons. The molecule has 0 amide bonds. The summed E-state index contributed by atoms with van der Waals surface area (Å²) in [6, 6.07) is 4.55. The van der Waals surface area contributed by atoms with Crippen LogP contribution in [0.15, 0.2) is 30.5 Å². The van der Waals surface area contributed by atoms with E-state index >= 15 is 0 Å². The minimum atomic E-state index is 0.242. The third-order valence-corrected chi connectivity index (χ3v) is 4.56. The van der Waals surface area contributed by atoms with Gasteiger partial charge in [0.05, 0.1) is 12.7 Å². The van der Waals surface area contributed by atoms with Gasteiger partial charge in [-0.05, 0) is 38.3 Å². The van der Waals surface area contributed by atoms with Crippen molar-refractivity contribution in [3.05, 3.63) is 30.5 Å². The molecule has 3 rings (SSSR count). The Hall–Kier alpha value is -1.46. The van der Waals surface area contributed by atoms with Crippen LogP contribution in [0.4, 0.5) is 5.82 Å². The number of likely N-dealkylation sites (N-methyl/N-ethyl adjacent to an activating group) is 1. The predicted octanol–water partition coefficient (Wildman–Crippen LogP) is 2.11. The molecule has 0 spiro atoms. The summed E-state index contributed by atoms with van der Waals surface area (Å²) in [6.07, 6.45) is 10.5. The summed E-state index contributed by atoms with van der Waals surface area (Å²) >= 11 is 0. The number of hydrogen-bond acceptors (Lipinski definition) is 5. The first-order valence-corrected chi connectivity index (χ1v) is 8.42. The van der Waals surface area contributed by atoms with Gasteiger partial charge in [-0.15, -0.1) is 5.10 Å². The molecule has 0 bridgehead atoms. The molecule has 1 aromatic rings. The number of hydrogen-bond donors (Lipinski definition) is 0. The maximum absolute atomic E-state index is 6.00. The van der Waals surface area contributed by atoms with E-state index in [1.54, 1.807) is 6.20 Å². The number of nitrogens with zero attached hydrogens (tertiary/aromatic N) is 4. The quantitative estimate of drug-likeness (QED) is 0.779. The number of allylic oxidation sites excluding steroid dienone is 1. The number of aromatic nitrogens is 2. The fourth-order valence-electron chi connectivity index (χ4n) is 3.34. The van der Waals surface area contributed by atoms with Crippen molar-refractivity contribution < 1.29 is 4.74 Å². The van der Waals surface area contributed by atoms with Gasteiger partial charge >= 0.3 is 0 Å². The molecule has 2 aliphatic rings. The molecule has 0 unspecified atom stereocenters. The van der Waals surface area contributed by atoms with E-state index in [1.165, 1.54) is 19.3 Å². The SMILES string of the molecule is CCN(C[C@H]1CN([C@H]2C=CCCC2)CCO1)c1cccnn1. The number of ether oxygens (including phenoxy) is 1. The van der Waals surface area contributed by atoms with Crippen LogP contribution in [0.5, 0.6) is 0 Å². The van der Waals surface area contributed by atoms with Crippen LogP contribution in [0, 0.1) is 0 Å². The number of morpholine rings is 1. The maximum atomic E-state index is 6.00. The Bertz CT molecular complexity index is 479. The molecule has 2 heterocycles. The monoisotopic (exact) mass is 302 g/mol. The van der Waals surface area contributed by atoms with Gasteiger partial charge in [0.1, 0.15) is 0 Å². The Morgan fingerprint density at radius 2 is 2.41 bits per heavy atom. The van der Waals surface area contributed by atoms with E-state index < -0.39 is 0 Å². The van der Waals surface area contributed by atoms with Crippen molar-refractivity contribution in [1.82, 2.24) is 15.1 Å². The highest BCUT2D eigenvalue weighted by atomic mass is 16.5. The van der Waals surface area contributed by atoms with Crippen molar-refractivity contribution >= 4 is 5.82 Å². The summed E-state index contributed by atoms with van der Waals surface area (Å²) < 4.78 is 6.00. The zero-order chi connectivity index (χ0) is 15.2. The minimum Gasteiger partial charge on any atom is -0.374 e. The molecule has 1 aliphatic heterocycles. The van der Waals surface area contributed by atoms with Crippen LogP contribution in [0.2, 0.25) is 0 Å². The van der Waals surface area contributed by atoms with Crippen molar-refractivity contribution in [2.45, 2.75) is 38.3 Å². The average molecular weight is 302 g/mol. The van der Waals surface area contributed by atoms with E-state index in [1.807, 2.05) is 12.1 Å². The average Bonchev–Trinajstić information content (AvgIpc) is 2.61. The first-order valence-electron chi connectivity index (χ1n) is 8.42. The topological polar surface area (TPSA) is 41.5 Å². The molecule has 1 aromatic heterocycles. The van der Waals surface area contributed by atoms with Crippen LogP contribution in [0.3, 0.4) is 0 Å². The van der Waals surface area contributed by atoms with Crippen LogP contribution >= 0.6 is 0 Å². The fourth-order valence-corrected chi connectivity index (χ4v) is 3.34. The van der Waals surface area contributed by atoms with Crippen LogP contribution in [0.1, 0.15) is 26.2 Å². The maximum Gasteiger partial charge on any atom is 0.151 e. The van der Waals surface area contributed by atoms with Gasteiger partial charge in [-0.1, -0.05) is 12.2 Å². The van der Waals surface area contributed by atoms with Gasteiger partial charge < -0.3 is 9.64 Å². The van der Waals surface area contributed by atoms with E-state index in [-0.39, 0.29) is 6.10 Å². The van der Waals surface area contributed by atoms with Gasteiger partial charge in [0.15, 0.2) is 5.82 Å². The third-order valence-electron chi connectivity index (χ3n) is 4.56. The Balaban J connectivity index is 1.59. The summed E-state index contributed by atoms with van der Waals surface area (Å²) in [5, 5.41) is 8.20. The standard InChI is InChI=1S/C17H26N4O/c1-2-20(17-9-6-10-18-19-17)13-16-14-21(11-12-22-16)15-7-4-3-5-8-15/h4,6-7,9-10,15-16H,2-3,5,8,11-14H2,1H3/t15-,16-/m0/s1. The Kier molecular flexibility index (Phi) is 5.40. The lowest BCUT2D eigenvalue weighted by Crippen LogP contribution is -2.51. The molecule has 5 heteroatoms. The van der Waals surface area contributed by atoms with Crippen LogP contribution in [-0.4, -0.2) is 60.0 Å². The smallest absolute Gasteiger partial charge is 0.151 e. The van der Waals surface area contributed by atoms with Crippen molar-refractivity contribution in [2.75, 3.05) is 37.7 Å². The van der Waals surface area contributed by atoms with Crippen LogP contribution in [-0.2, 0) is 4.74 Å². The van der Waals surface area contributed by atoms with Gasteiger partial charge in [-0.2, -0.15) is 5.10 Å². The lowest BCUT2D eigenvalue weighted by molar-refractivity contribution is -0.0343. The van der Waals surface area contributed by atoms with Crippen molar-refractivity contribution in [3.8, 4) is 0 Å². The number of rotatable bonds is 5. The molecule has 0 saturated carbocycles. The van der Waals surface area contributed by atoms with E-state index in [9.17, 15) is 0 Å². The highest BCUT2D eigenvalue weighted by molar-refractivity contribution is 5.36. The molecule has 5 nitrogen and oxygen atoms in total. The van der Waals surface area contributed by atoms with Gasteiger partial charge in [0.2, 0.25) is 0 Å². The molecular formula is C17H26N4O. The lowest BCUT2D eigenvalue weighted by Gasteiger charge is -2.39. The first-order chi connectivity index (χ1) is 10.9. The molecular weight excluding hydrogens is 276 g/mol. The lowest BCUT2D eigenvalue weighted by atomic mass is 10.0. The predicted molar refractivity (Wildman–Crippen MR) is 88.0 cm³/mol. The zero-order valence-electron chi connectivity index (χ0n) is 13.4. The Labute approximate surface area is 133 Å². The Morgan fingerprint density at radius 3 is 3.14 bits per heavy atom. The van der Waals surface area contributed by atoms with Gasteiger partial charge in [-0.25, -0.2) is 0 Å². The van der Waals surface area contributed by atoms with Gasteiger partial charge in [-0.3, -0.25) is 4.90 Å². The minimum absolute atomic E-state index is 0.242. The van der Waals surface area contributed by atoms with Crippen molar-refractivity contribution in [1.29, 1.82) is 0 Å². The number of anilines is 1. The molecule has 0 N–H and O–H groups in total. The second kappa shape index (κ2) is 7.70. The van der Waals surface area contributed by atoms with Crippen molar-refractivity contribution in [2.24, 2.45) is 0 Å². The van der Waals surface area contributed by atoms with E-state index in [4.69, 9.17) is 4.74 Å². The molecule has 2 atom stereocenters. The largest absolute Gasteiger partial charge is 0.374 e. The van der Waals surface area contributed by atoms with Crippen LogP contribution in [0.25, 0.3) is 0 Å². The first kappa shape index (κ1) is 15.4. The van der Waals surface area contributed by atoms with Crippen LogP contribution < -0.4 is 4.90 Å². The second-order valence-corrected chi connectivity index (χ2v) is 6.03.